The molecular formula is C25H27NO2. The molecule has 0 radical (unpaired) electrons. The van der Waals surface area contributed by atoms with E-state index >= 15 is 0 Å². The van der Waals surface area contributed by atoms with Crippen LogP contribution in [0.4, 0.5) is 0 Å². The number of hydrogen-bond donors (Lipinski definition) is 1. The van der Waals surface area contributed by atoms with Crippen molar-refractivity contribution >= 4 is 5.91 Å². The lowest BCUT2D eigenvalue weighted by molar-refractivity contribution is -0.123. The molecule has 0 spiro atoms. The van der Waals surface area contributed by atoms with E-state index in [0.717, 1.165) is 23.1 Å². The average Bonchev–Trinajstić information content (AvgIpc) is 2.77. The van der Waals surface area contributed by atoms with Crippen LogP contribution in [0.5, 0.6) is 0 Å². The summed E-state index contributed by atoms with van der Waals surface area (Å²) >= 11 is 0. The van der Waals surface area contributed by atoms with Crippen LogP contribution in [-0.4, -0.2) is 19.6 Å². The number of carbonyl (C=O) groups is 1. The van der Waals surface area contributed by atoms with Crippen LogP contribution in [-0.2, 0) is 15.1 Å². The maximum atomic E-state index is 13.3. The molecule has 144 valence electrons. The van der Waals surface area contributed by atoms with Crippen molar-refractivity contribution in [3.63, 3.8) is 0 Å². The Morgan fingerprint density at radius 1 is 0.857 bits per heavy atom. The van der Waals surface area contributed by atoms with Crippen LogP contribution in [0.25, 0.3) is 0 Å². The number of carbonyl (C=O) groups excluding carboxylic acids is 1. The Labute approximate surface area is 167 Å². The third-order valence-electron chi connectivity index (χ3n) is 5.34. The first-order valence-corrected chi connectivity index (χ1v) is 9.68. The Bertz CT molecular complexity index is 819. The second-order valence-corrected chi connectivity index (χ2v) is 6.89. The number of nitrogens with one attached hydrogen (secondary N) is 1. The quantitative estimate of drug-likeness (QED) is 0.611. The molecule has 0 fully saturated rings. The lowest BCUT2D eigenvalue weighted by Crippen LogP contribution is -2.43. The van der Waals surface area contributed by atoms with Crippen LogP contribution in [0.1, 0.15) is 36.0 Å². The smallest absolute Gasteiger partial charge is 0.232 e. The standard InChI is InChI=1S/C25H27NO2/c1-3-25(28-2,22-17-11-6-12-18-22)19-26-24(27)23(20-13-7-4-8-14-20)21-15-9-5-10-16-21/h4-18,23H,3,19H2,1-2H3,(H,26,27). The first-order valence-electron chi connectivity index (χ1n) is 9.68. The van der Waals surface area contributed by atoms with Crippen LogP contribution < -0.4 is 5.32 Å². The average molecular weight is 373 g/mol. The van der Waals surface area contributed by atoms with E-state index in [1.807, 2.05) is 91.0 Å². The van der Waals surface area contributed by atoms with Gasteiger partial charge in [0.15, 0.2) is 0 Å². The van der Waals surface area contributed by atoms with Gasteiger partial charge in [0, 0.05) is 7.11 Å². The monoisotopic (exact) mass is 373 g/mol. The fourth-order valence-corrected chi connectivity index (χ4v) is 3.63. The van der Waals surface area contributed by atoms with Crippen LogP contribution in [0, 0.1) is 0 Å². The van der Waals surface area contributed by atoms with Crippen molar-refractivity contribution in [2.75, 3.05) is 13.7 Å². The number of methoxy groups -OCH3 is 1. The van der Waals surface area contributed by atoms with Crippen LogP contribution in [0.15, 0.2) is 91.0 Å². The molecule has 3 nitrogen and oxygen atoms in total. The summed E-state index contributed by atoms with van der Waals surface area (Å²) < 4.78 is 5.90. The summed E-state index contributed by atoms with van der Waals surface area (Å²) in [6.45, 7) is 2.49. The fourth-order valence-electron chi connectivity index (χ4n) is 3.63. The maximum absolute atomic E-state index is 13.3. The Kier molecular flexibility index (Phi) is 6.62. The molecule has 3 heteroatoms. The van der Waals surface area contributed by atoms with Crippen LogP contribution in [0.2, 0.25) is 0 Å². The van der Waals surface area contributed by atoms with Crippen LogP contribution in [0.3, 0.4) is 0 Å². The normalized spacial score (nSPS) is 13.1. The van der Waals surface area contributed by atoms with E-state index in [4.69, 9.17) is 4.74 Å². The molecule has 1 atom stereocenters. The van der Waals surface area contributed by atoms with Crippen molar-refractivity contribution in [3.8, 4) is 0 Å². The highest BCUT2D eigenvalue weighted by molar-refractivity contribution is 5.87. The van der Waals surface area contributed by atoms with Gasteiger partial charge < -0.3 is 10.1 Å². The summed E-state index contributed by atoms with van der Waals surface area (Å²) in [6.07, 6.45) is 0.759. The highest BCUT2D eigenvalue weighted by Crippen LogP contribution is 2.29. The minimum atomic E-state index is -0.547. The van der Waals surface area contributed by atoms with E-state index in [2.05, 4.69) is 12.2 Å². The molecule has 3 aromatic carbocycles. The number of ether oxygens (including phenoxy) is 1. The summed E-state index contributed by atoms with van der Waals surface area (Å²) in [7, 11) is 1.70. The molecular weight excluding hydrogens is 346 g/mol. The summed E-state index contributed by atoms with van der Waals surface area (Å²) in [4.78, 5) is 13.3. The minimum absolute atomic E-state index is 0.0248. The molecule has 3 rings (SSSR count). The van der Waals surface area contributed by atoms with Crippen molar-refractivity contribution < 1.29 is 9.53 Å². The van der Waals surface area contributed by atoms with E-state index < -0.39 is 5.60 Å². The van der Waals surface area contributed by atoms with E-state index in [9.17, 15) is 4.79 Å². The van der Waals surface area contributed by atoms with Gasteiger partial charge in [0.2, 0.25) is 5.91 Å². The van der Waals surface area contributed by atoms with Gasteiger partial charge in [0.25, 0.3) is 0 Å². The zero-order valence-electron chi connectivity index (χ0n) is 16.5. The lowest BCUT2D eigenvalue weighted by Gasteiger charge is -2.33. The first kappa shape index (κ1) is 19.8. The summed E-state index contributed by atoms with van der Waals surface area (Å²) in [6, 6.07) is 29.9. The van der Waals surface area contributed by atoms with Crippen molar-refractivity contribution in [2.45, 2.75) is 24.9 Å². The molecule has 1 N–H and O–H groups in total. The molecule has 1 unspecified atom stereocenters. The van der Waals surface area contributed by atoms with Gasteiger partial charge in [0.1, 0.15) is 5.60 Å². The summed E-state index contributed by atoms with van der Waals surface area (Å²) in [5, 5.41) is 3.16. The number of rotatable bonds is 8. The molecule has 0 saturated heterocycles. The number of hydrogen-bond acceptors (Lipinski definition) is 2. The van der Waals surface area contributed by atoms with Crippen LogP contribution >= 0.6 is 0 Å². The molecule has 28 heavy (non-hydrogen) atoms. The predicted octanol–water partition coefficient (Wildman–Crippen LogP) is 4.89. The molecule has 0 heterocycles. The highest BCUT2D eigenvalue weighted by atomic mass is 16.5. The van der Waals surface area contributed by atoms with Crippen molar-refractivity contribution in [1.82, 2.24) is 5.32 Å². The lowest BCUT2D eigenvalue weighted by atomic mass is 9.88. The van der Waals surface area contributed by atoms with Crippen molar-refractivity contribution in [1.29, 1.82) is 0 Å². The first-order chi connectivity index (χ1) is 13.7. The topological polar surface area (TPSA) is 38.3 Å². The van der Waals surface area contributed by atoms with Gasteiger partial charge in [-0.05, 0) is 23.1 Å². The Balaban J connectivity index is 1.86. The molecule has 0 aliphatic carbocycles. The van der Waals surface area contributed by atoms with E-state index in [-0.39, 0.29) is 11.8 Å². The van der Waals surface area contributed by atoms with Gasteiger partial charge in [-0.2, -0.15) is 0 Å². The summed E-state index contributed by atoms with van der Waals surface area (Å²) in [5.41, 5.74) is 2.47. The molecule has 0 aromatic heterocycles. The largest absolute Gasteiger partial charge is 0.372 e. The maximum Gasteiger partial charge on any atom is 0.232 e. The molecule has 0 saturated carbocycles. The Hall–Kier alpha value is -2.91. The molecule has 0 bridgehead atoms. The third-order valence-corrected chi connectivity index (χ3v) is 5.34. The Morgan fingerprint density at radius 3 is 1.75 bits per heavy atom. The highest BCUT2D eigenvalue weighted by Gasteiger charge is 2.32. The minimum Gasteiger partial charge on any atom is -0.372 e. The zero-order valence-corrected chi connectivity index (χ0v) is 16.5. The number of benzene rings is 3. The van der Waals surface area contributed by atoms with Crippen molar-refractivity contribution in [2.24, 2.45) is 0 Å². The fraction of sp³-hybridized carbons (Fsp3) is 0.240. The summed E-state index contributed by atoms with van der Waals surface area (Å²) in [5.74, 6) is -0.382. The number of amides is 1. The Morgan fingerprint density at radius 2 is 1.32 bits per heavy atom. The van der Waals surface area contributed by atoms with Gasteiger partial charge in [-0.1, -0.05) is 97.9 Å². The van der Waals surface area contributed by atoms with Gasteiger partial charge in [-0.15, -0.1) is 0 Å². The second kappa shape index (κ2) is 9.34. The SMILES string of the molecule is CCC(CNC(=O)C(c1ccccc1)c1ccccc1)(OC)c1ccccc1. The molecule has 3 aromatic rings. The van der Waals surface area contributed by atoms with Crippen molar-refractivity contribution in [3.05, 3.63) is 108 Å². The second-order valence-electron chi connectivity index (χ2n) is 6.89. The van der Waals surface area contributed by atoms with E-state index in [0.29, 0.717) is 6.54 Å². The van der Waals surface area contributed by atoms with Gasteiger partial charge in [-0.25, -0.2) is 0 Å². The molecule has 1 amide bonds. The zero-order chi connectivity index (χ0) is 19.8. The molecule has 0 aliphatic heterocycles. The van der Waals surface area contributed by atoms with E-state index in [1.54, 1.807) is 7.11 Å². The predicted molar refractivity (Wildman–Crippen MR) is 113 cm³/mol. The third kappa shape index (κ3) is 4.32. The molecule has 0 aliphatic rings. The van der Waals surface area contributed by atoms with E-state index in [1.165, 1.54) is 0 Å². The van der Waals surface area contributed by atoms with Gasteiger partial charge >= 0.3 is 0 Å². The van der Waals surface area contributed by atoms with Gasteiger partial charge in [-0.3, -0.25) is 4.79 Å². The van der Waals surface area contributed by atoms with Gasteiger partial charge in [0.05, 0.1) is 12.5 Å².